The first-order valence-electron chi connectivity index (χ1n) is 5.85. The van der Waals surface area contributed by atoms with E-state index in [0.29, 0.717) is 10.6 Å². The van der Waals surface area contributed by atoms with Crippen LogP contribution in [0.4, 0.5) is 10.1 Å². The van der Waals surface area contributed by atoms with Gasteiger partial charge in [0, 0.05) is 16.3 Å². The lowest BCUT2D eigenvalue weighted by atomic mass is 10.1. The van der Waals surface area contributed by atoms with Gasteiger partial charge in [0.05, 0.1) is 6.04 Å². The van der Waals surface area contributed by atoms with Gasteiger partial charge in [-0.25, -0.2) is 4.39 Å². The van der Waals surface area contributed by atoms with Crippen LogP contribution in [0, 0.1) is 12.7 Å². The maximum Gasteiger partial charge on any atom is 0.128 e. The van der Waals surface area contributed by atoms with Crippen LogP contribution < -0.4 is 5.32 Å². The second kappa shape index (κ2) is 5.40. The van der Waals surface area contributed by atoms with Gasteiger partial charge in [-0.1, -0.05) is 35.9 Å². The standard InChI is InChI=1S/C15H15ClFN/c1-10-13(16)7-5-9-15(10)18-11(2)12-6-3-4-8-14(12)17/h3-9,11,18H,1-2H3. The lowest BCUT2D eigenvalue weighted by Gasteiger charge is -2.18. The molecule has 0 heterocycles. The first kappa shape index (κ1) is 12.9. The molecule has 1 unspecified atom stereocenters. The van der Waals surface area contributed by atoms with Crippen molar-refractivity contribution in [3.05, 3.63) is 64.4 Å². The monoisotopic (exact) mass is 263 g/mol. The maximum absolute atomic E-state index is 13.7. The Morgan fingerprint density at radius 1 is 1.11 bits per heavy atom. The van der Waals surface area contributed by atoms with Crippen molar-refractivity contribution in [3.63, 3.8) is 0 Å². The first-order valence-corrected chi connectivity index (χ1v) is 6.23. The second-order valence-electron chi connectivity index (χ2n) is 4.30. The average molecular weight is 264 g/mol. The number of nitrogens with one attached hydrogen (secondary N) is 1. The van der Waals surface area contributed by atoms with Crippen molar-refractivity contribution in [1.82, 2.24) is 0 Å². The molecule has 0 fully saturated rings. The average Bonchev–Trinajstić information content (AvgIpc) is 2.35. The quantitative estimate of drug-likeness (QED) is 0.825. The molecule has 18 heavy (non-hydrogen) atoms. The Morgan fingerprint density at radius 3 is 2.56 bits per heavy atom. The summed E-state index contributed by atoms with van der Waals surface area (Å²) in [6.07, 6.45) is 0. The van der Waals surface area contributed by atoms with E-state index in [1.54, 1.807) is 12.1 Å². The molecule has 0 amide bonds. The fraction of sp³-hybridized carbons (Fsp3) is 0.200. The zero-order chi connectivity index (χ0) is 13.1. The van der Waals surface area contributed by atoms with E-state index in [-0.39, 0.29) is 11.9 Å². The van der Waals surface area contributed by atoms with E-state index in [1.807, 2.05) is 38.1 Å². The van der Waals surface area contributed by atoms with E-state index in [9.17, 15) is 4.39 Å². The Kier molecular flexibility index (Phi) is 3.87. The molecule has 0 saturated heterocycles. The molecule has 1 N–H and O–H groups in total. The number of hydrogen-bond acceptors (Lipinski definition) is 1. The normalized spacial score (nSPS) is 12.2. The van der Waals surface area contributed by atoms with Gasteiger partial charge >= 0.3 is 0 Å². The fourth-order valence-corrected chi connectivity index (χ4v) is 2.08. The summed E-state index contributed by atoms with van der Waals surface area (Å²) in [5.74, 6) is -0.197. The van der Waals surface area contributed by atoms with Crippen molar-refractivity contribution in [2.75, 3.05) is 5.32 Å². The van der Waals surface area contributed by atoms with Crippen molar-refractivity contribution in [1.29, 1.82) is 0 Å². The van der Waals surface area contributed by atoms with E-state index >= 15 is 0 Å². The third-order valence-corrected chi connectivity index (χ3v) is 3.42. The molecule has 2 rings (SSSR count). The molecule has 0 bridgehead atoms. The molecule has 3 heteroatoms. The molecule has 2 aromatic carbocycles. The molecule has 0 spiro atoms. The summed E-state index contributed by atoms with van der Waals surface area (Å²) in [7, 11) is 0. The molecule has 0 radical (unpaired) electrons. The third-order valence-electron chi connectivity index (χ3n) is 3.01. The van der Waals surface area contributed by atoms with Crippen LogP contribution >= 0.6 is 11.6 Å². The highest BCUT2D eigenvalue weighted by atomic mass is 35.5. The fourth-order valence-electron chi connectivity index (χ4n) is 1.90. The Hall–Kier alpha value is -1.54. The van der Waals surface area contributed by atoms with Crippen molar-refractivity contribution < 1.29 is 4.39 Å². The smallest absolute Gasteiger partial charge is 0.128 e. The Labute approximate surface area is 112 Å². The molecule has 2 aromatic rings. The number of benzene rings is 2. The minimum Gasteiger partial charge on any atom is -0.378 e. The summed E-state index contributed by atoms with van der Waals surface area (Å²) in [6, 6.07) is 12.3. The third kappa shape index (κ3) is 2.65. The number of halogens is 2. The summed E-state index contributed by atoms with van der Waals surface area (Å²) in [5.41, 5.74) is 2.55. The molecule has 0 saturated carbocycles. The van der Waals surface area contributed by atoms with Crippen LogP contribution in [0.25, 0.3) is 0 Å². The predicted molar refractivity (Wildman–Crippen MR) is 74.6 cm³/mol. The van der Waals surface area contributed by atoms with Crippen molar-refractivity contribution in [2.24, 2.45) is 0 Å². The molecule has 1 nitrogen and oxygen atoms in total. The van der Waals surface area contributed by atoms with Gasteiger partial charge in [0.1, 0.15) is 5.82 Å². The van der Waals surface area contributed by atoms with Crippen LogP contribution in [0.15, 0.2) is 42.5 Å². The lowest BCUT2D eigenvalue weighted by Crippen LogP contribution is -2.09. The summed E-state index contributed by atoms with van der Waals surface area (Å²) in [6.45, 7) is 3.87. The number of hydrogen-bond donors (Lipinski definition) is 1. The van der Waals surface area contributed by atoms with Crippen LogP contribution in [0.2, 0.25) is 5.02 Å². The molecule has 0 aliphatic carbocycles. The topological polar surface area (TPSA) is 12.0 Å². The van der Waals surface area contributed by atoms with Crippen LogP contribution in [-0.2, 0) is 0 Å². The summed E-state index contributed by atoms with van der Waals surface area (Å²) >= 11 is 6.06. The molecular formula is C15H15ClFN. The van der Waals surface area contributed by atoms with Gasteiger partial charge in [-0.05, 0) is 37.6 Å². The molecule has 0 aromatic heterocycles. The Morgan fingerprint density at radius 2 is 1.83 bits per heavy atom. The van der Waals surface area contributed by atoms with E-state index in [4.69, 9.17) is 11.6 Å². The second-order valence-corrected chi connectivity index (χ2v) is 4.71. The van der Waals surface area contributed by atoms with Gasteiger partial charge in [0.2, 0.25) is 0 Å². The van der Waals surface area contributed by atoms with Gasteiger partial charge in [-0.3, -0.25) is 0 Å². The predicted octanol–water partition coefficient (Wildman–Crippen LogP) is 4.96. The summed E-state index contributed by atoms with van der Waals surface area (Å²) < 4.78 is 13.7. The van der Waals surface area contributed by atoms with Crippen molar-refractivity contribution >= 4 is 17.3 Å². The largest absolute Gasteiger partial charge is 0.378 e. The van der Waals surface area contributed by atoms with Gasteiger partial charge in [-0.2, -0.15) is 0 Å². The molecule has 0 aliphatic rings. The Bertz CT molecular complexity index is 554. The SMILES string of the molecule is Cc1c(Cl)cccc1NC(C)c1ccccc1F. The lowest BCUT2D eigenvalue weighted by molar-refractivity contribution is 0.600. The van der Waals surface area contributed by atoms with Crippen LogP contribution in [0.3, 0.4) is 0 Å². The number of rotatable bonds is 3. The van der Waals surface area contributed by atoms with Gasteiger partial charge < -0.3 is 5.32 Å². The van der Waals surface area contributed by atoms with Crippen molar-refractivity contribution in [2.45, 2.75) is 19.9 Å². The zero-order valence-corrected chi connectivity index (χ0v) is 11.1. The van der Waals surface area contributed by atoms with Crippen LogP contribution in [-0.4, -0.2) is 0 Å². The highest BCUT2D eigenvalue weighted by Gasteiger charge is 2.11. The summed E-state index contributed by atoms with van der Waals surface area (Å²) in [4.78, 5) is 0. The van der Waals surface area contributed by atoms with E-state index in [2.05, 4.69) is 5.32 Å². The highest BCUT2D eigenvalue weighted by Crippen LogP contribution is 2.27. The van der Waals surface area contributed by atoms with Crippen molar-refractivity contribution in [3.8, 4) is 0 Å². The number of anilines is 1. The van der Waals surface area contributed by atoms with Crippen LogP contribution in [0.1, 0.15) is 24.1 Å². The summed E-state index contributed by atoms with van der Waals surface area (Å²) in [5, 5.41) is 3.99. The minimum absolute atomic E-state index is 0.108. The zero-order valence-electron chi connectivity index (χ0n) is 10.4. The first-order chi connectivity index (χ1) is 8.59. The minimum atomic E-state index is -0.197. The molecule has 0 aliphatic heterocycles. The van der Waals surface area contributed by atoms with Gasteiger partial charge in [0.25, 0.3) is 0 Å². The van der Waals surface area contributed by atoms with Crippen LogP contribution in [0.5, 0.6) is 0 Å². The molecular weight excluding hydrogens is 249 g/mol. The van der Waals surface area contributed by atoms with Gasteiger partial charge in [0.15, 0.2) is 0 Å². The molecule has 1 atom stereocenters. The molecule has 94 valence electrons. The Balaban J connectivity index is 2.24. The highest BCUT2D eigenvalue weighted by molar-refractivity contribution is 6.31. The maximum atomic E-state index is 13.7. The van der Waals surface area contributed by atoms with E-state index in [1.165, 1.54) is 6.07 Å². The van der Waals surface area contributed by atoms with E-state index in [0.717, 1.165) is 11.3 Å². The van der Waals surface area contributed by atoms with E-state index < -0.39 is 0 Å². The van der Waals surface area contributed by atoms with Gasteiger partial charge in [-0.15, -0.1) is 0 Å².